The Hall–Kier alpha value is -3.02. The summed E-state index contributed by atoms with van der Waals surface area (Å²) >= 11 is 0. The van der Waals surface area contributed by atoms with Gasteiger partial charge < -0.3 is 19.5 Å². The van der Waals surface area contributed by atoms with E-state index in [4.69, 9.17) is 14.6 Å². The molecule has 6 heteroatoms. The Bertz CT molecular complexity index is 745. The second kappa shape index (κ2) is 10.2. The van der Waals surface area contributed by atoms with Crippen LogP contribution in [0.3, 0.4) is 0 Å². The molecule has 0 heterocycles. The van der Waals surface area contributed by atoms with Gasteiger partial charge in [0.2, 0.25) is 0 Å². The number of carbonyl (C=O) groups excluding carboxylic acids is 1. The van der Waals surface area contributed by atoms with E-state index < -0.39 is 5.97 Å². The highest BCUT2D eigenvalue weighted by molar-refractivity contribution is 5.78. The summed E-state index contributed by atoms with van der Waals surface area (Å²) in [6.07, 6.45) is -0.0965. The van der Waals surface area contributed by atoms with Crippen LogP contribution < -0.4 is 9.47 Å². The summed E-state index contributed by atoms with van der Waals surface area (Å²) in [5.74, 6) is -0.169. The molecule has 0 saturated carbocycles. The molecule has 0 fully saturated rings. The Morgan fingerprint density at radius 1 is 0.963 bits per heavy atom. The molecule has 0 bridgehead atoms. The van der Waals surface area contributed by atoms with Gasteiger partial charge in [-0.1, -0.05) is 42.5 Å². The number of carbonyl (C=O) groups is 2. The Morgan fingerprint density at radius 2 is 1.56 bits per heavy atom. The standard InChI is InChI=1S/C21H25NO5/c1-16(2)22(13-12-21(24)25)20(23)15-27-19-11-7-6-10-18(19)26-14-17-8-4-3-5-9-17/h3-11,16H,12-15H2,1-2H3,(H,24,25). The van der Waals surface area contributed by atoms with Gasteiger partial charge in [-0.2, -0.15) is 0 Å². The monoisotopic (exact) mass is 371 g/mol. The molecular formula is C21H25NO5. The van der Waals surface area contributed by atoms with E-state index in [-0.39, 0.29) is 31.5 Å². The summed E-state index contributed by atoms with van der Waals surface area (Å²) in [6.45, 7) is 4.06. The van der Waals surface area contributed by atoms with Crippen molar-refractivity contribution >= 4 is 11.9 Å². The first-order valence-corrected chi connectivity index (χ1v) is 8.87. The van der Waals surface area contributed by atoms with Crippen LogP contribution >= 0.6 is 0 Å². The average molecular weight is 371 g/mol. The maximum absolute atomic E-state index is 12.4. The van der Waals surface area contributed by atoms with Gasteiger partial charge in [0.05, 0.1) is 6.42 Å². The van der Waals surface area contributed by atoms with E-state index >= 15 is 0 Å². The molecule has 2 rings (SSSR count). The lowest BCUT2D eigenvalue weighted by Gasteiger charge is -2.26. The highest BCUT2D eigenvalue weighted by atomic mass is 16.5. The first-order chi connectivity index (χ1) is 13.0. The highest BCUT2D eigenvalue weighted by Gasteiger charge is 2.19. The van der Waals surface area contributed by atoms with Gasteiger partial charge in [0.25, 0.3) is 5.91 Å². The van der Waals surface area contributed by atoms with Gasteiger partial charge in [0.1, 0.15) is 6.61 Å². The van der Waals surface area contributed by atoms with Gasteiger partial charge in [-0.05, 0) is 31.5 Å². The summed E-state index contributed by atoms with van der Waals surface area (Å²) in [6, 6.07) is 16.8. The summed E-state index contributed by atoms with van der Waals surface area (Å²) in [7, 11) is 0. The zero-order valence-electron chi connectivity index (χ0n) is 15.6. The summed E-state index contributed by atoms with van der Waals surface area (Å²) < 4.78 is 11.5. The minimum absolute atomic E-state index is 0.0965. The van der Waals surface area contributed by atoms with Crippen molar-refractivity contribution in [1.82, 2.24) is 4.90 Å². The predicted molar refractivity (Wildman–Crippen MR) is 102 cm³/mol. The Balaban J connectivity index is 1.96. The van der Waals surface area contributed by atoms with E-state index in [0.29, 0.717) is 18.1 Å². The number of nitrogens with zero attached hydrogens (tertiary/aromatic N) is 1. The molecule has 1 N–H and O–H groups in total. The van der Waals surface area contributed by atoms with E-state index in [1.54, 1.807) is 18.2 Å². The molecule has 2 aromatic carbocycles. The number of amides is 1. The number of rotatable bonds is 10. The fourth-order valence-electron chi connectivity index (χ4n) is 2.53. The third-order valence-corrected chi connectivity index (χ3v) is 3.95. The van der Waals surface area contributed by atoms with Gasteiger partial charge in [-0.15, -0.1) is 0 Å². The number of benzene rings is 2. The number of aliphatic carboxylic acids is 1. The van der Waals surface area contributed by atoms with Gasteiger partial charge in [0.15, 0.2) is 18.1 Å². The number of hydrogen-bond donors (Lipinski definition) is 1. The zero-order valence-corrected chi connectivity index (χ0v) is 15.6. The van der Waals surface area contributed by atoms with Crippen molar-refractivity contribution in [3.05, 3.63) is 60.2 Å². The smallest absolute Gasteiger partial charge is 0.305 e. The molecule has 2 aromatic rings. The maximum Gasteiger partial charge on any atom is 0.305 e. The molecular weight excluding hydrogens is 346 g/mol. The van der Waals surface area contributed by atoms with Crippen molar-refractivity contribution in [1.29, 1.82) is 0 Å². The maximum atomic E-state index is 12.4. The van der Waals surface area contributed by atoms with Crippen molar-refractivity contribution in [2.24, 2.45) is 0 Å². The molecule has 0 saturated heterocycles. The van der Waals surface area contributed by atoms with Crippen LogP contribution in [0.25, 0.3) is 0 Å². The highest BCUT2D eigenvalue weighted by Crippen LogP contribution is 2.27. The van der Waals surface area contributed by atoms with Crippen LogP contribution in [0.15, 0.2) is 54.6 Å². The molecule has 0 atom stereocenters. The lowest BCUT2D eigenvalue weighted by atomic mass is 10.2. The zero-order chi connectivity index (χ0) is 19.6. The first-order valence-electron chi connectivity index (χ1n) is 8.87. The molecule has 0 aliphatic heterocycles. The lowest BCUT2D eigenvalue weighted by Crippen LogP contribution is -2.41. The van der Waals surface area contributed by atoms with Crippen molar-refractivity contribution in [3.8, 4) is 11.5 Å². The second-order valence-corrected chi connectivity index (χ2v) is 6.33. The number of carboxylic acids is 1. The molecule has 0 aliphatic rings. The largest absolute Gasteiger partial charge is 0.485 e. The molecule has 6 nitrogen and oxygen atoms in total. The predicted octanol–water partition coefficient (Wildman–Crippen LogP) is 3.36. The Labute approximate surface area is 159 Å². The van der Waals surface area contributed by atoms with Gasteiger partial charge >= 0.3 is 5.97 Å². The van der Waals surface area contributed by atoms with Crippen LogP contribution in [0.5, 0.6) is 11.5 Å². The van der Waals surface area contributed by atoms with Crippen molar-refractivity contribution in [2.75, 3.05) is 13.2 Å². The second-order valence-electron chi connectivity index (χ2n) is 6.33. The van der Waals surface area contributed by atoms with Crippen molar-refractivity contribution < 1.29 is 24.2 Å². The topological polar surface area (TPSA) is 76.1 Å². The van der Waals surface area contributed by atoms with Crippen molar-refractivity contribution in [3.63, 3.8) is 0 Å². The first kappa shape index (κ1) is 20.3. The van der Waals surface area contributed by atoms with Gasteiger partial charge in [-0.25, -0.2) is 0 Å². The summed E-state index contributed by atoms with van der Waals surface area (Å²) in [5.41, 5.74) is 1.03. The van der Waals surface area contributed by atoms with E-state index in [2.05, 4.69) is 0 Å². The van der Waals surface area contributed by atoms with Crippen molar-refractivity contribution in [2.45, 2.75) is 32.9 Å². The van der Waals surface area contributed by atoms with Crippen LogP contribution in [0, 0.1) is 0 Å². The summed E-state index contributed by atoms with van der Waals surface area (Å²) in [4.78, 5) is 24.7. The fraction of sp³-hybridized carbons (Fsp3) is 0.333. The van der Waals surface area contributed by atoms with Crippen LogP contribution in [0.1, 0.15) is 25.8 Å². The fourth-order valence-corrected chi connectivity index (χ4v) is 2.53. The van der Waals surface area contributed by atoms with Crippen LogP contribution in [0.2, 0.25) is 0 Å². The minimum Gasteiger partial charge on any atom is -0.485 e. The molecule has 0 spiro atoms. The Kier molecular flexibility index (Phi) is 7.67. The van der Waals surface area contributed by atoms with Crippen LogP contribution in [0.4, 0.5) is 0 Å². The van der Waals surface area contributed by atoms with Crippen LogP contribution in [-0.4, -0.2) is 41.1 Å². The quantitative estimate of drug-likeness (QED) is 0.693. The Morgan fingerprint density at radius 3 is 2.15 bits per heavy atom. The normalized spacial score (nSPS) is 10.5. The molecule has 0 radical (unpaired) electrons. The minimum atomic E-state index is -0.936. The molecule has 144 valence electrons. The lowest BCUT2D eigenvalue weighted by molar-refractivity contribution is -0.139. The van der Waals surface area contributed by atoms with Gasteiger partial charge in [0, 0.05) is 12.6 Å². The average Bonchev–Trinajstić information content (AvgIpc) is 2.65. The molecule has 1 amide bonds. The van der Waals surface area contributed by atoms with Crippen LogP contribution in [-0.2, 0) is 16.2 Å². The van der Waals surface area contributed by atoms with E-state index in [1.807, 2.05) is 50.2 Å². The van der Waals surface area contributed by atoms with E-state index in [9.17, 15) is 9.59 Å². The SMILES string of the molecule is CC(C)N(CCC(=O)O)C(=O)COc1ccccc1OCc1ccccc1. The number of ether oxygens (including phenoxy) is 2. The van der Waals surface area contributed by atoms with E-state index in [0.717, 1.165) is 5.56 Å². The van der Waals surface area contributed by atoms with E-state index in [1.165, 1.54) is 4.90 Å². The molecule has 0 aliphatic carbocycles. The molecule has 0 unspecified atom stereocenters. The summed E-state index contributed by atoms with van der Waals surface area (Å²) in [5, 5.41) is 8.84. The third kappa shape index (κ3) is 6.66. The number of para-hydroxylation sites is 2. The third-order valence-electron chi connectivity index (χ3n) is 3.95. The number of carboxylic acid groups (broad SMARTS) is 1. The molecule has 0 aromatic heterocycles. The number of hydrogen-bond acceptors (Lipinski definition) is 4. The molecule has 27 heavy (non-hydrogen) atoms. The van der Waals surface area contributed by atoms with Gasteiger partial charge in [-0.3, -0.25) is 9.59 Å².